The molecular formula is C23H25BrN4O3S. The molecule has 1 heterocycles. The van der Waals surface area contributed by atoms with Crippen molar-refractivity contribution in [1.82, 2.24) is 14.8 Å². The maximum Gasteiger partial charge on any atom is 0.234 e. The Hall–Kier alpha value is -2.78. The summed E-state index contributed by atoms with van der Waals surface area (Å²) < 4.78 is 14.5. The molecule has 168 valence electrons. The van der Waals surface area contributed by atoms with E-state index in [9.17, 15) is 4.79 Å². The SMILES string of the molecule is C=CCn1c(SCC(=O)Nc2ccccc2OCC)nnc1C(C)Oc1ccc(Br)cc1. The van der Waals surface area contributed by atoms with Gasteiger partial charge in [-0.2, -0.15) is 0 Å². The summed E-state index contributed by atoms with van der Waals surface area (Å²) in [5, 5.41) is 12.1. The van der Waals surface area contributed by atoms with Crippen LogP contribution in [0.2, 0.25) is 0 Å². The van der Waals surface area contributed by atoms with E-state index in [1.165, 1.54) is 11.8 Å². The number of carbonyl (C=O) groups excluding carboxylic acids is 1. The molecule has 0 spiro atoms. The highest BCUT2D eigenvalue weighted by Gasteiger charge is 2.20. The molecule has 1 unspecified atom stereocenters. The molecule has 0 radical (unpaired) electrons. The van der Waals surface area contributed by atoms with Crippen molar-refractivity contribution in [3.05, 3.63) is 71.5 Å². The Morgan fingerprint density at radius 3 is 2.72 bits per heavy atom. The number of thioether (sulfide) groups is 1. The Labute approximate surface area is 200 Å². The largest absolute Gasteiger partial charge is 0.492 e. The molecule has 0 aliphatic rings. The van der Waals surface area contributed by atoms with Crippen LogP contribution >= 0.6 is 27.7 Å². The van der Waals surface area contributed by atoms with Crippen molar-refractivity contribution in [2.24, 2.45) is 0 Å². The predicted molar refractivity (Wildman–Crippen MR) is 130 cm³/mol. The second kappa shape index (κ2) is 11.7. The zero-order chi connectivity index (χ0) is 22.9. The first-order valence-electron chi connectivity index (χ1n) is 10.1. The molecule has 3 rings (SSSR count). The summed E-state index contributed by atoms with van der Waals surface area (Å²) in [6.45, 7) is 8.67. The molecule has 1 atom stereocenters. The number of para-hydroxylation sites is 2. The lowest BCUT2D eigenvalue weighted by Crippen LogP contribution is -2.16. The van der Waals surface area contributed by atoms with Gasteiger partial charge in [-0.3, -0.25) is 9.36 Å². The first-order chi connectivity index (χ1) is 15.5. The van der Waals surface area contributed by atoms with Crippen molar-refractivity contribution in [3.63, 3.8) is 0 Å². The Morgan fingerprint density at radius 2 is 2.00 bits per heavy atom. The minimum atomic E-state index is -0.329. The lowest BCUT2D eigenvalue weighted by atomic mass is 10.3. The number of aromatic nitrogens is 3. The molecule has 7 nitrogen and oxygen atoms in total. The zero-order valence-corrected chi connectivity index (χ0v) is 20.4. The summed E-state index contributed by atoms with van der Waals surface area (Å²) in [6.07, 6.45) is 1.44. The lowest BCUT2D eigenvalue weighted by Gasteiger charge is -2.16. The van der Waals surface area contributed by atoms with Crippen LogP contribution in [0, 0.1) is 0 Å². The third-order valence-electron chi connectivity index (χ3n) is 4.34. The van der Waals surface area contributed by atoms with Crippen LogP contribution in [0.4, 0.5) is 5.69 Å². The summed E-state index contributed by atoms with van der Waals surface area (Å²) in [5.41, 5.74) is 0.643. The van der Waals surface area contributed by atoms with Crippen molar-refractivity contribution < 1.29 is 14.3 Å². The highest BCUT2D eigenvalue weighted by Crippen LogP contribution is 2.27. The minimum Gasteiger partial charge on any atom is -0.492 e. The van der Waals surface area contributed by atoms with Crippen molar-refractivity contribution in [3.8, 4) is 11.5 Å². The Bertz CT molecular complexity index is 1060. The Kier molecular flexibility index (Phi) is 8.75. The number of anilines is 1. The molecular weight excluding hydrogens is 492 g/mol. The number of ether oxygens (including phenoxy) is 2. The molecule has 0 saturated carbocycles. The molecule has 3 aromatic rings. The van der Waals surface area contributed by atoms with Crippen LogP contribution in [0.25, 0.3) is 0 Å². The van der Waals surface area contributed by atoms with Gasteiger partial charge in [0.1, 0.15) is 11.5 Å². The van der Waals surface area contributed by atoms with E-state index in [2.05, 4.69) is 38.0 Å². The number of hydrogen-bond donors (Lipinski definition) is 1. The first kappa shape index (κ1) is 23.9. The van der Waals surface area contributed by atoms with Gasteiger partial charge in [-0.25, -0.2) is 0 Å². The third kappa shape index (κ3) is 6.37. The molecule has 0 aliphatic heterocycles. The van der Waals surface area contributed by atoms with Crippen LogP contribution in [0.5, 0.6) is 11.5 Å². The molecule has 32 heavy (non-hydrogen) atoms. The number of nitrogens with zero attached hydrogens (tertiary/aromatic N) is 3. The number of carbonyl (C=O) groups is 1. The van der Waals surface area contributed by atoms with Gasteiger partial charge in [-0.1, -0.05) is 45.9 Å². The summed E-state index contributed by atoms with van der Waals surface area (Å²) in [5.74, 6) is 2.06. The van der Waals surface area contributed by atoms with E-state index in [0.29, 0.717) is 35.6 Å². The van der Waals surface area contributed by atoms with Crippen LogP contribution in [0.15, 0.2) is 70.8 Å². The molecule has 0 aliphatic carbocycles. The average molecular weight is 517 g/mol. The summed E-state index contributed by atoms with van der Waals surface area (Å²) >= 11 is 4.72. The summed E-state index contributed by atoms with van der Waals surface area (Å²) in [6, 6.07) is 15.0. The molecule has 0 fully saturated rings. The van der Waals surface area contributed by atoms with Crippen LogP contribution < -0.4 is 14.8 Å². The standard InChI is InChI=1S/C23H25BrN4O3S/c1-4-14-28-22(16(3)31-18-12-10-17(24)11-13-18)26-27-23(28)32-15-21(29)25-19-8-6-7-9-20(19)30-5-2/h4,6-13,16H,1,5,14-15H2,2-3H3,(H,25,29). The van der Waals surface area contributed by atoms with Crippen LogP contribution in [0.1, 0.15) is 25.8 Å². The van der Waals surface area contributed by atoms with Crippen molar-refractivity contribution in [2.75, 3.05) is 17.7 Å². The summed E-state index contributed by atoms with van der Waals surface area (Å²) in [4.78, 5) is 12.5. The Balaban J connectivity index is 1.66. The zero-order valence-electron chi connectivity index (χ0n) is 18.0. The second-order valence-electron chi connectivity index (χ2n) is 6.72. The quantitative estimate of drug-likeness (QED) is 0.268. The number of hydrogen-bond acceptors (Lipinski definition) is 6. The van der Waals surface area contributed by atoms with E-state index in [1.54, 1.807) is 6.08 Å². The van der Waals surface area contributed by atoms with Crippen molar-refractivity contribution in [2.45, 2.75) is 31.7 Å². The maximum absolute atomic E-state index is 12.5. The fourth-order valence-corrected chi connectivity index (χ4v) is 3.97. The van der Waals surface area contributed by atoms with Gasteiger partial charge in [0.2, 0.25) is 5.91 Å². The average Bonchev–Trinajstić information content (AvgIpc) is 3.18. The van der Waals surface area contributed by atoms with Crippen molar-refractivity contribution >= 4 is 39.3 Å². The predicted octanol–water partition coefficient (Wildman–Crippen LogP) is 5.50. The van der Waals surface area contributed by atoms with Gasteiger partial charge in [0, 0.05) is 11.0 Å². The van der Waals surface area contributed by atoms with Gasteiger partial charge in [0.15, 0.2) is 17.1 Å². The number of amides is 1. The van der Waals surface area contributed by atoms with Gasteiger partial charge in [-0.15, -0.1) is 16.8 Å². The van der Waals surface area contributed by atoms with E-state index in [-0.39, 0.29) is 17.8 Å². The highest BCUT2D eigenvalue weighted by atomic mass is 79.9. The topological polar surface area (TPSA) is 78.3 Å². The fraction of sp³-hybridized carbons (Fsp3) is 0.261. The van der Waals surface area contributed by atoms with E-state index in [4.69, 9.17) is 9.47 Å². The third-order valence-corrected chi connectivity index (χ3v) is 5.84. The summed E-state index contributed by atoms with van der Waals surface area (Å²) in [7, 11) is 0. The van der Waals surface area contributed by atoms with Gasteiger partial charge in [0.05, 0.1) is 18.0 Å². The highest BCUT2D eigenvalue weighted by molar-refractivity contribution is 9.10. The van der Waals surface area contributed by atoms with Crippen LogP contribution in [0.3, 0.4) is 0 Å². The normalized spacial score (nSPS) is 11.6. The van der Waals surface area contributed by atoms with Gasteiger partial charge in [-0.05, 0) is 50.2 Å². The minimum absolute atomic E-state index is 0.156. The number of benzene rings is 2. The van der Waals surface area contributed by atoms with E-state index < -0.39 is 0 Å². The van der Waals surface area contributed by atoms with Crippen LogP contribution in [-0.2, 0) is 11.3 Å². The molecule has 0 saturated heterocycles. The lowest BCUT2D eigenvalue weighted by molar-refractivity contribution is -0.113. The molecule has 1 amide bonds. The van der Waals surface area contributed by atoms with Gasteiger partial charge >= 0.3 is 0 Å². The molecule has 0 bridgehead atoms. The maximum atomic E-state index is 12.5. The molecule has 1 aromatic heterocycles. The fourth-order valence-electron chi connectivity index (χ4n) is 2.95. The Morgan fingerprint density at radius 1 is 1.25 bits per heavy atom. The first-order valence-corrected chi connectivity index (χ1v) is 11.9. The second-order valence-corrected chi connectivity index (χ2v) is 8.58. The van der Waals surface area contributed by atoms with E-state index in [1.807, 2.05) is 66.9 Å². The molecule has 2 aromatic carbocycles. The number of halogens is 1. The van der Waals surface area contributed by atoms with Gasteiger partial charge < -0.3 is 14.8 Å². The smallest absolute Gasteiger partial charge is 0.234 e. The van der Waals surface area contributed by atoms with E-state index in [0.717, 1.165) is 10.2 Å². The monoisotopic (exact) mass is 516 g/mol. The van der Waals surface area contributed by atoms with E-state index >= 15 is 0 Å². The number of nitrogens with one attached hydrogen (secondary N) is 1. The molecule has 9 heteroatoms. The van der Waals surface area contributed by atoms with Crippen LogP contribution in [-0.4, -0.2) is 33.0 Å². The number of rotatable bonds is 11. The molecule has 1 N–H and O–H groups in total. The number of allylic oxidation sites excluding steroid dienone is 1. The van der Waals surface area contributed by atoms with Crippen molar-refractivity contribution in [1.29, 1.82) is 0 Å². The van der Waals surface area contributed by atoms with Gasteiger partial charge in [0.25, 0.3) is 0 Å².